The molecule has 2 fully saturated rings. The number of hydrogen-bond acceptors (Lipinski definition) is 4. The molecule has 114 valence electrons. The molecule has 2 rings (SSSR count). The number of likely N-dealkylation sites (tertiary alicyclic amines) is 1. The van der Waals surface area contributed by atoms with Crippen LogP contribution in [0.5, 0.6) is 0 Å². The third-order valence-corrected chi connectivity index (χ3v) is 3.96. The maximum Gasteiger partial charge on any atom is 0.307 e. The molecule has 0 radical (unpaired) electrons. The van der Waals surface area contributed by atoms with Crippen molar-refractivity contribution in [2.24, 2.45) is 11.8 Å². The minimum atomic E-state index is -0.850. The molecule has 1 aliphatic heterocycles. The third kappa shape index (κ3) is 3.93. The van der Waals surface area contributed by atoms with Crippen molar-refractivity contribution in [3.63, 3.8) is 0 Å². The summed E-state index contributed by atoms with van der Waals surface area (Å²) < 4.78 is 10.9. The Morgan fingerprint density at radius 3 is 2.45 bits per heavy atom. The lowest BCUT2D eigenvalue weighted by Crippen LogP contribution is -2.42. The molecule has 1 saturated heterocycles. The number of nitrogens with zero attached hydrogens (tertiary/aromatic N) is 1. The van der Waals surface area contributed by atoms with Gasteiger partial charge in [-0.15, -0.1) is 0 Å². The third-order valence-electron chi connectivity index (χ3n) is 3.96. The number of carbonyl (C=O) groups excluding carboxylic acids is 1. The summed E-state index contributed by atoms with van der Waals surface area (Å²) >= 11 is 0. The Morgan fingerprint density at radius 1 is 1.20 bits per heavy atom. The van der Waals surface area contributed by atoms with Gasteiger partial charge in [0.25, 0.3) is 0 Å². The van der Waals surface area contributed by atoms with E-state index in [1.807, 2.05) is 6.92 Å². The van der Waals surface area contributed by atoms with Crippen LogP contribution >= 0.6 is 0 Å². The molecule has 0 aromatic carbocycles. The molecule has 1 N–H and O–H groups in total. The van der Waals surface area contributed by atoms with Gasteiger partial charge in [-0.1, -0.05) is 0 Å². The maximum absolute atomic E-state index is 12.1. The van der Waals surface area contributed by atoms with Gasteiger partial charge in [0, 0.05) is 19.7 Å². The number of carbonyl (C=O) groups is 2. The fourth-order valence-electron chi connectivity index (χ4n) is 2.64. The molecule has 0 unspecified atom stereocenters. The average Bonchev–Trinajstić information content (AvgIpc) is 3.24. The number of carboxylic acid groups (broad SMARTS) is 1. The molecule has 0 bridgehead atoms. The summed E-state index contributed by atoms with van der Waals surface area (Å²) in [6, 6.07) is 0. The Labute approximate surface area is 119 Å². The summed E-state index contributed by atoms with van der Waals surface area (Å²) in [4.78, 5) is 24.7. The van der Waals surface area contributed by atoms with Crippen LogP contribution in [0.4, 0.5) is 0 Å². The van der Waals surface area contributed by atoms with E-state index in [0.29, 0.717) is 39.3 Å². The van der Waals surface area contributed by atoms with E-state index in [0.717, 1.165) is 12.8 Å². The van der Waals surface area contributed by atoms with E-state index < -0.39 is 11.9 Å². The maximum atomic E-state index is 12.1. The van der Waals surface area contributed by atoms with Crippen LogP contribution in [-0.2, 0) is 19.1 Å². The molecule has 2 aliphatic rings. The van der Waals surface area contributed by atoms with Gasteiger partial charge < -0.3 is 19.5 Å². The number of ether oxygens (including phenoxy) is 2. The van der Waals surface area contributed by atoms with Crippen molar-refractivity contribution < 1.29 is 24.2 Å². The molecule has 1 saturated carbocycles. The van der Waals surface area contributed by atoms with Gasteiger partial charge in [0.15, 0.2) is 0 Å². The number of rotatable bonds is 7. The zero-order valence-electron chi connectivity index (χ0n) is 11.9. The summed E-state index contributed by atoms with van der Waals surface area (Å²) in [5, 5.41) is 8.85. The van der Waals surface area contributed by atoms with Crippen molar-refractivity contribution in [1.29, 1.82) is 0 Å². The first kappa shape index (κ1) is 15.3. The Morgan fingerprint density at radius 2 is 1.90 bits per heavy atom. The quantitative estimate of drug-likeness (QED) is 0.699. The monoisotopic (exact) mass is 285 g/mol. The smallest absolute Gasteiger partial charge is 0.307 e. The zero-order chi connectivity index (χ0) is 14.5. The molecular formula is C14H23NO5. The number of hydrogen-bond donors (Lipinski definition) is 1. The summed E-state index contributed by atoms with van der Waals surface area (Å²) in [7, 11) is 0. The van der Waals surface area contributed by atoms with E-state index in [-0.39, 0.29) is 17.9 Å². The van der Waals surface area contributed by atoms with Gasteiger partial charge in [0.1, 0.15) is 0 Å². The van der Waals surface area contributed by atoms with Gasteiger partial charge >= 0.3 is 5.97 Å². The van der Waals surface area contributed by atoms with Gasteiger partial charge in [0.05, 0.1) is 31.2 Å². The first-order chi connectivity index (χ1) is 9.63. The first-order valence-electron chi connectivity index (χ1n) is 7.34. The normalized spacial score (nSPS) is 26.6. The molecule has 0 aromatic heterocycles. The van der Waals surface area contributed by atoms with Crippen LogP contribution in [0, 0.1) is 11.8 Å². The molecule has 0 spiro atoms. The predicted molar refractivity (Wildman–Crippen MR) is 71.3 cm³/mol. The Bertz CT molecular complexity index is 351. The molecule has 1 aliphatic carbocycles. The number of carboxylic acids is 1. The largest absolute Gasteiger partial charge is 0.481 e. The van der Waals surface area contributed by atoms with E-state index in [1.165, 1.54) is 0 Å². The lowest BCUT2D eigenvalue weighted by Gasteiger charge is -2.32. The molecule has 20 heavy (non-hydrogen) atoms. The second-order valence-corrected chi connectivity index (χ2v) is 5.38. The molecule has 6 nitrogen and oxygen atoms in total. The molecule has 6 heteroatoms. The molecule has 1 heterocycles. The van der Waals surface area contributed by atoms with E-state index in [1.54, 1.807) is 4.90 Å². The highest BCUT2D eigenvalue weighted by Gasteiger charge is 2.50. The van der Waals surface area contributed by atoms with E-state index >= 15 is 0 Å². The number of piperidine rings is 1. The minimum absolute atomic E-state index is 0.00478. The SMILES string of the molecule is CCOCCOC1CCN(C(=O)[C@@H]2C[C@@H]2C(=O)O)CC1. The van der Waals surface area contributed by atoms with Gasteiger partial charge in [-0.3, -0.25) is 9.59 Å². The zero-order valence-corrected chi connectivity index (χ0v) is 11.9. The average molecular weight is 285 g/mol. The van der Waals surface area contributed by atoms with Crippen LogP contribution in [0.3, 0.4) is 0 Å². The highest BCUT2D eigenvalue weighted by molar-refractivity contribution is 5.89. The highest BCUT2D eigenvalue weighted by Crippen LogP contribution is 2.40. The summed E-state index contributed by atoms with van der Waals surface area (Å²) in [6.07, 6.45) is 2.33. The predicted octanol–water partition coefficient (Wildman–Crippen LogP) is 0.751. The van der Waals surface area contributed by atoms with Crippen molar-refractivity contribution in [2.75, 3.05) is 32.9 Å². The van der Waals surface area contributed by atoms with Crippen LogP contribution in [0.25, 0.3) is 0 Å². The van der Waals surface area contributed by atoms with Crippen LogP contribution in [0.15, 0.2) is 0 Å². The molecule has 1 amide bonds. The number of aliphatic carboxylic acids is 1. The van der Waals surface area contributed by atoms with E-state index in [9.17, 15) is 9.59 Å². The van der Waals surface area contributed by atoms with Gasteiger partial charge in [-0.05, 0) is 26.2 Å². The lowest BCUT2D eigenvalue weighted by molar-refractivity contribution is -0.142. The second-order valence-electron chi connectivity index (χ2n) is 5.38. The van der Waals surface area contributed by atoms with E-state index in [2.05, 4.69) is 0 Å². The van der Waals surface area contributed by atoms with Crippen LogP contribution in [0.2, 0.25) is 0 Å². The number of amides is 1. The van der Waals surface area contributed by atoms with Gasteiger partial charge in [0.2, 0.25) is 5.91 Å². The van der Waals surface area contributed by atoms with Crippen molar-refractivity contribution in [2.45, 2.75) is 32.3 Å². The second kappa shape index (κ2) is 7.04. The first-order valence-corrected chi connectivity index (χ1v) is 7.34. The van der Waals surface area contributed by atoms with Crippen LogP contribution < -0.4 is 0 Å². The Kier molecular flexibility index (Phi) is 5.37. The Balaban J connectivity index is 1.64. The van der Waals surface area contributed by atoms with Crippen LogP contribution in [-0.4, -0.2) is 60.9 Å². The van der Waals surface area contributed by atoms with Crippen molar-refractivity contribution in [1.82, 2.24) is 4.90 Å². The van der Waals surface area contributed by atoms with Crippen LogP contribution in [0.1, 0.15) is 26.2 Å². The summed E-state index contributed by atoms with van der Waals surface area (Å²) in [6.45, 7) is 5.19. The topological polar surface area (TPSA) is 76.1 Å². The standard InChI is InChI=1S/C14H23NO5/c1-2-19-7-8-20-10-3-5-15(6-4-10)13(16)11-9-12(11)14(17)18/h10-12H,2-9H2,1H3,(H,17,18)/t11-,12+/m1/s1. The van der Waals surface area contributed by atoms with Crippen molar-refractivity contribution >= 4 is 11.9 Å². The van der Waals surface area contributed by atoms with E-state index in [4.69, 9.17) is 14.6 Å². The fourth-order valence-corrected chi connectivity index (χ4v) is 2.64. The van der Waals surface area contributed by atoms with Gasteiger partial charge in [-0.25, -0.2) is 0 Å². The fraction of sp³-hybridized carbons (Fsp3) is 0.857. The van der Waals surface area contributed by atoms with Crippen molar-refractivity contribution in [3.05, 3.63) is 0 Å². The minimum Gasteiger partial charge on any atom is -0.481 e. The van der Waals surface area contributed by atoms with Gasteiger partial charge in [-0.2, -0.15) is 0 Å². The molecule has 0 aromatic rings. The van der Waals surface area contributed by atoms with Crippen molar-refractivity contribution in [3.8, 4) is 0 Å². The summed E-state index contributed by atoms with van der Waals surface area (Å²) in [5.74, 6) is -1.59. The lowest BCUT2D eigenvalue weighted by atomic mass is 10.1. The molecule has 2 atom stereocenters. The summed E-state index contributed by atoms with van der Waals surface area (Å²) in [5.41, 5.74) is 0. The Hall–Kier alpha value is -1.14. The highest BCUT2D eigenvalue weighted by atomic mass is 16.5. The molecular weight excluding hydrogens is 262 g/mol.